The Morgan fingerprint density at radius 2 is 2.05 bits per heavy atom. The molecular weight excluding hydrogens is 236 g/mol. The number of rotatable bonds is 7. The Morgan fingerprint density at radius 3 is 2.79 bits per heavy atom. The third-order valence-corrected chi connectivity index (χ3v) is 3.71. The molecule has 1 N–H and O–H groups in total. The van der Waals surface area contributed by atoms with Crippen LogP contribution < -0.4 is 15.0 Å². The Balaban J connectivity index is 1.63. The zero-order valence-electron chi connectivity index (χ0n) is 12.2. The van der Waals surface area contributed by atoms with Gasteiger partial charge in [-0.3, -0.25) is 0 Å². The highest BCUT2D eigenvalue weighted by atomic mass is 16.5. The van der Waals surface area contributed by atoms with Crippen molar-refractivity contribution in [3.63, 3.8) is 0 Å². The zero-order valence-corrected chi connectivity index (χ0v) is 12.2. The first-order chi connectivity index (χ1) is 9.25. The van der Waals surface area contributed by atoms with E-state index in [4.69, 9.17) is 4.74 Å². The molecule has 106 valence electrons. The van der Waals surface area contributed by atoms with E-state index in [1.807, 2.05) is 26.2 Å². The molecular formula is C16H26N2O. The van der Waals surface area contributed by atoms with E-state index in [2.05, 4.69) is 22.3 Å². The van der Waals surface area contributed by atoms with Gasteiger partial charge in [0.25, 0.3) is 0 Å². The predicted molar refractivity (Wildman–Crippen MR) is 81.1 cm³/mol. The molecule has 2 rings (SSSR count). The second kappa shape index (κ2) is 7.39. The average molecular weight is 262 g/mol. The summed E-state index contributed by atoms with van der Waals surface area (Å²) in [6.45, 7) is 1.86. The molecule has 0 unspecified atom stereocenters. The summed E-state index contributed by atoms with van der Waals surface area (Å²) in [5.41, 5.74) is 1.18. The van der Waals surface area contributed by atoms with Gasteiger partial charge >= 0.3 is 0 Å². The van der Waals surface area contributed by atoms with Crippen molar-refractivity contribution in [2.45, 2.75) is 38.1 Å². The summed E-state index contributed by atoms with van der Waals surface area (Å²) in [4.78, 5) is 2.09. The zero-order chi connectivity index (χ0) is 13.5. The van der Waals surface area contributed by atoms with Crippen molar-refractivity contribution < 1.29 is 4.74 Å². The Labute approximate surface area is 116 Å². The van der Waals surface area contributed by atoms with Crippen LogP contribution in [0.2, 0.25) is 0 Å². The fourth-order valence-corrected chi connectivity index (χ4v) is 2.55. The van der Waals surface area contributed by atoms with Gasteiger partial charge in [0.1, 0.15) is 5.75 Å². The summed E-state index contributed by atoms with van der Waals surface area (Å²) in [6.07, 6.45) is 6.57. The van der Waals surface area contributed by atoms with Crippen molar-refractivity contribution in [2.75, 3.05) is 32.1 Å². The second-order valence-electron chi connectivity index (χ2n) is 5.53. The van der Waals surface area contributed by atoms with E-state index < -0.39 is 0 Å². The summed E-state index contributed by atoms with van der Waals surface area (Å²) in [5, 5.41) is 3.61. The second-order valence-corrected chi connectivity index (χ2v) is 5.53. The van der Waals surface area contributed by atoms with E-state index in [1.165, 1.54) is 31.4 Å². The maximum absolute atomic E-state index is 5.79. The van der Waals surface area contributed by atoms with E-state index in [0.717, 1.165) is 31.4 Å². The van der Waals surface area contributed by atoms with Crippen molar-refractivity contribution >= 4 is 5.69 Å². The van der Waals surface area contributed by atoms with E-state index in [9.17, 15) is 0 Å². The van der Waals surface area contributed by atoms with Crippen LogP contribution in [0.15, 0.2) is 24.3 Å². The molecule has 1 aliphatic carbocycles. The van der Waals surface area contributed by atoms with Crippen molar-refractivity contribution in [3.05, 3.63) is 24.3 Å². The van der Waals surface area contributed by atoms with Gasteiger partial charge in [0, 0.05) is 31.9 Å². The standard InChI is InChI=1S/C16H26N2O/c1-18(2)15-9-5-10-16(13-15)19-12-6-11-17-14-7-3-4-8-14/h5,9-10,13-14,17H,3-4,6-8,11-12H2,1-2H3. The van der Waals surface area contributed by atoms with Crippen LogP contribution in [0, 0.1) is 0 Å². The fourth-order valence-electron chi connectivity index (χ4n) is 2.55. The lowest BCUT2D eigenvalue weighted by Crippen LogP contribution is -2.27. The van der Waals surface area contributed by atoms with Gasteiger partial charge in [-0.15, -0.1) is 0 Å². The lowest BCUT2D eigenvalue weighted by atomic mass is 10.2. The number of anilines is 1. The van der Waals surface area contributed by atoms with Crippen LogP contribution in [-0.2, 0) is 0 Å². The third-order valence-electron chi connectivity index (χ3n) is 3.71. The SMILES string of the molecule is CN(C)c1cccc(OCCCNC2CCCC2)c1. The molecule has 1 aliphatic rings. The molecule has 0 saturated heterocycles. The monoisotopic (exact) mass is 262 g/mol. The first kappa shape index (κ1) is 14.2. The average Bonchev–Trinajstić information content (AvgIpc) is 2.92. The van der Waals surface area contributed by atoms with Gasteiger partial charge in [0.2, 0.25) is 0 Å². The number of hydrogen-bond donors (Lipinski definition) is 1. The molecule has 0 amide bonds. The molecule has 3 heteroatoms. The van der Waals surface area contributed by atoms with E-state index in [1.54, 1.807) is 0 Å². The summed E-state index contributed by atoms with van der Waals surface area (Å²) in [6, 6.07) is 9.01. The highest BCUT2D eigenvalue weighted by Crippen LogP contribution is 2.19. The van der Waals surface area contributed by atoms with Crippen molar-refractivity contribution in [1.82, 2.24) is 5.32 Å². The molecule has 0 atom stereocenters. The molecule has 19 heavy (non-hydrogen) atoms. The Morgan fingerprint density at radius 1 is 1.26 bits per heavy atom. The highest BCUT2D eigenvalue weighted by Gasteiger charge is 2.13. The van der Waals surface area contributed by atoms with Crippen LogP contribution in [0.3, 0.4) is 0 Å². The molecule has 0 spiro atoms. The predicted octanol–water partition coefficient (Wildman–Crippen LogP) is 3.05. The molecule has 0 radical (unpaired) electrons. The van der Waals surface area contributed by atoms with Crippen LogP contribution in [-0.4, -0.2) is 33.3 Å². The van der Waals surface area contributed by atoms with E-state index >= 15 is 0 Å². The first-order valence-corrected chi connectivity index (χ1v) is 7.39. The van der Waals surface area contributed by atoms with Crippen LogP contribution in [0.4, 0.5) is 5.69 Å². The van der Waals surface area contributed by atoms with Crippen molar-refractivity contribution in [3.8, 4) is 5.75 Å². The molecule has 1 aromatic carbocycles. The summed E-state index contributed by atoms with van der Waals surface area (Å²) in [5.74, 6) is 0.965. The largest absolute Gasteiger partial charge is 0.493 e. The number of nitrogens with one attached hydrogen (secondary N) is 1. The molecule has 1 aromatic rings. The quantitative estimate of drug-likeness (QED) is 0.764. The van der Waals surface area contributed by atoms with Crippen LogP contribution in [0.5, 0.6) is 5.75 Å². The molecule has 0 aromatic heterocycles. The maximum Gasteiger partial charge on any atom is 0.121 e. The Hall–Kier alpha value is -1.22. The molecule has 0 aliphatic heterocycles. The number of nitrogens with zero attached hydrogens (tertiary/aromatic N) is 1. The van der Waals surface area contributed by atoms with Crippen LogP contribution in [0.25, 0.3) is 0 Å². The normalized spacial score (nSPS) is 15.7. The van der Waals surface area contributed by atoms with E-state index in [-0.39, 0.29) is 0 Å². The van der Waals surface area contributed by atoms with E-state index in [0.29, 0.717) is 0 Å². The van der Waals surface area contributed by atoms with Gasteiger partial charge in [-0.2, -0.15) is 0 Å². The topological polar surface area (TPSA) is 24.5 Å². The summed E-state index contributed by atoms with van der Waals surface area (Å²) >= 11 is 0. The van der Waals surface area contributed by atoms with Gasteiger partial charge in [-0.25, -0.2) is 0 Å². The maximum atomic E-state index is 5.79. The summed E-state index contributed by atoms with van der Waals surface area (Å²) < 4.78 is 5.79. The Kier molecular flexibility index (Phi) is 5.52. The van der Waals surface area contributed by atoms with Crippen LogP contribution in [0.1, 0.15) is 32.1 Å². The molecule has 3 nitrogen and oxygen atoms in total. The van der Waals surface area contributed by atoms with Crippen molar-refractivity contribution in [1.29, 1.82) is 0 Å². The number of hydrogen-bond acceptors (Lipinski definition) is 3. The molecule has 0 heterocycles. The minimum atomic E-state index is 0.761. The Bertz CT molecular complexity index is 373. The smallest absolute Gasteiger partial charge is 0.121 e. The third kappa shape index (κ3) is 4.75. The highest BCUT2D eigenvalue weighted by molar-refractivity contribution is 5.49. The fraction of sp³-hybridized carbons (Fsp3) is 0.625. The minimum absolute atomic E-state index is 0.761. The van der Waals surface area contributed by atoms with Gasteiger partial charge in [0.15, 0.2) is 0 Å². The lowest BCUT2D eigenvalue weighted by Gasteiger charge is -2.14. The number of benzene rings is 1. The van der Waals surface area contributed by atoms with Crippen molar-refractivity contribution in [2.24, 2.45) is 0 Å². The van der Waals surface area contributed by atoms with Gasteiger partial charge in [0.05, 0.1) is 6.61 Å². The molecule has 0 bridgehead atoms. The first-order valence-electron chi connectivity index (χ1n) is 7.39. The minimum Gasteiger partial charge on any atom is -0.493 e. The van der Waals surface area contributed by atoms with Gasteiger partial charge in [-0.1, -0.05) is 18.9 Å². The van der Waals surface area contributed by atoms with Crippen LogP contribution >= 0.6 is 0 Å². The van der Waals surface area contributed by atoms with Gasteiger partial charge in [-0.05, 0) is 37.9 Å². The molecule has 1 fully saturated rings. The van der Waals surface area contributed by atoms with Gasteiger partial charge < -0.3 is 15.0 Å². The molecule has 1 saturated carbocycles. The summed E-state index contributed by atoms with van der Waals surface area (Å²) in [7, 11) is 4.09. The number of ether oxygens (including phenoxy) is 1. The lowest BCUT2D eigenvalue weighted by molar-refractivity contribution is 0.305.